The molecule has 0 spiro atoms. The van der Waals surface area contributed by atoms with Crippen LogP contribution in [-0.2, 0) is 0 Å². The minimum Gasteiger partial charge on any atom is -0.338 e. The average Bonchev–Trinajstić information content (AvgIpc) is 3.29. The smallest absolute Gasteiger partial charge is 0.254 e. The molecular formula is C22H22Cl3N3O. The highest BCUT2D eigenvalue weighted by Crippen LogP contribution is 2.32. The number of pyridine rings is 1. The first-order valence-corrected chi connectivity index (χ1v) is 9.73. The second kappa shape index (κ2) is 8.88. The molecule has 2 aliphatic heterocycles. The van der Waals surface area contributed by atoms with Crippen LogP contribution in [0.2, 0.25) is 5.02 Å². The van der Waals surface area contributed by atoms with Gasteiger partial charge in [0.15, 0.2) is 0 Å². The number of rotatable bonds is 2. The van der Waals surface area contributed by atoms with Gasteiger partial charge in [0.2, 0.25) is 0 Å². The normalized spacial score (nSPS) is 20.1. The summed E-state index contributed by atoms with van der Waals surface area (Å²) in [7, 11) is 0. The van der Waals surface area contributed by atoms with Crippen LogP contribution < -0.4 is 5.32 Å². The van der Waals surface area contributed by atoms with Crippen molar-refractivity contribution >= 4 is 53.2 Å². The van der Waals surface area contributed by atoms with Gasteiger partial charge >= 0.3 is 0 Å². The molecule has 5 rings (SSSR count). The molecule has 3 heterocycles. The Balaban J connectivity index is 0.00000120. The molecule has 1 aromatic heterocycles. The fourth-order valence-corrected chi connectivity index (χ4v) is 4.58. The Hall–Kier alpha value is -1.85. The summed E-state index contributed by atoms with van der Waals surface area (Å²) in [5.74, 6) is 1.24. The second-order valence-corrected chi connectivity index (χ2v) is 7.85. The van der Waals surface area contributed by atoms with Crippen LogP contribution in [-0.4, -0.2) is 42.0 Å². The lowest BCUT2D eigenvalue weighted by Gasteiger charge is -2.19. The van der Waals surface area contributed by atoms with Crippen molar-refractivity contribution in [3.63, 3.8) is 0 Å². The van der Waals surface area contributed by atoms with E-state index >= 15 is 0 Å². The van der Waals surface area contributed by atoms with E-state index in [0.717, 1.165) is 48.3 Å². The standard InChI is InChI=1S/C22H20ClN3O.2ClH/c23-19-7-3-1-6-17(19)21-9-18(16-5-2-4-8-20(16)25-21)22(27)26-12-14-10-24-11-15(14)13-26;;/h1-9,14-15,24H,10-13H2;2*1H/t14-,15+;;. The van der Waals surface area contributed by atoms with Crippen molar-refractivity contribution in [3.05, 3.63) is 65.2 Å². The van der Waals surface area contributed by atoms with E-state index < -0.39 is 0 Å². The molecule has 2 fully saturated rings. The SMILES string of the molecule is Cl.Cl.O=C(c1cc(-c2ccccc2Cl)nc2ccccc12)N1C[C@H]2CNC[C@H]2C1. The maximum Gasteiger partial charge on any atom is 0.254 e. The molecule has 0 aliphatic carbocycles. The molecule has 0 saturated carbocycles. The molecule has 7 heteroatoms. The zero-order valence-corrected chi connectivity index (χ0v) is 18.1. The first-order chi connectivity index (χ1) is 13.2. The van der Waals surface area contributed by atoms with E-state index in [1.807, 2.05) is 59.5 Å². The summed E-state index contributed by atoms with van der Waals surface area (Å²) >= 11 is 6.39. The zero-order chi connectivity index (χ0) is 18.4. The Morgan fingerprint density at radius 1 is 1.00 bits per heavy atom. The van der Waals surface area contributed by atoms with Crippen LogP contribution in [0.3, 0.4) is 0 Å². The molecule has 2 aromatic carbocycles. The molecule has 1 N–H and O–H groups in total. The van der Waals surface area contributed by atoms with Crippen molar-refractivity contribution in [2.45, 2.75) is 0 Å². The summed E-state index contributed by atoms with van der Waals surface area (Å²) < 4.78 is 0. The lowest BCUT2D eigenvalue weighted by atomic mass is 10.0. The molecule has 152 valence electrons. The number of hydrogen-bond donors (Lipinski definition) is 1. The monoisotopic (exact) mass is 449 g/mol. The first-order valence-electron chi connectivity index (χ1n) is 9.35. The van der Waals surface area contributed by atoms with Gasteiger partial charge in [-0.1, -0.05) is 48.0 Å². The number of nitrogens with one attached hydrogen (secondary N) is 1. The molecule has 2 atom stereocenters. The molecule has 4 nitrogen and oxygen atoms in total. The molecule has 0 bridgehead atoms. The van der Waals surface area contributed by atoms with Crippen LogP contribution in [0.15, 0.2) is 54.6 Å². The van der Waals surface area contributed by atoms with Crippen molar-refractivity contribution in [1.82, 2.24) is 15.2 Å². The van der Waals surface area contributed by atoms with Crippen LogP contribution in [0.5, 0.6) is 0 Å². The highest BCUT2D eigenvalue weighted by molar-refractivity contribution is 6.33. The molecule has 1 amide bonds. The zero-order valence-electron chi connectivity index (χ0n) is 15.7. The van der Waals surface area contributed by atoms with E-state index in [4.69, 9.17) is 16.6 Å². The van der Waals surface area contributed by atoms with Gasteiger partial charge in [0.05, 0.1) is 16.8 Å². The van der Waals surface area contributed by atoms with Gasteiger partial charge in [-0.15, -0.1) is 24.8 Å². The van der Waals surface area contributed by atoms with Crippen LogP contribution in [0, 0.1) is 11.8 Å². The third-order valence-electron chi connectivity index (χ3n) is 5.77. The third-order valence-corrected chi connectivity index (χ3v) is 6.10. The van der Waals surface area contributed by atoms with Gasteiger partial charge in [-0.2, -0.15) is 0 Å². The second-order valence-electron chi connectivity index (χ2n) is 7.44. The highest BCUT2D eigenvalue weighted by atomic mass is 35.5. The van der Waals surface area contributed by atoms with Crippen molar-refractivity contribution < 1.29 is 4.79 Å². The van der Waals surface area contributed by atoms with Crippen LogP contribution >= 0.6 is 36.4 Å². The van der Waals surface area contributed by atoms with E-state index in [0.29, 0.717) is 22.4 Å². The molecular weight excluding hydrogens is 429 g/mol. The predicted molar refractivity (Wildman–Crippen MR) is 122 cm³/mol. The Morgan fingerprint density at radius 2 is 1.66 bits per heavy atom. The van der Waals surface area contributed by atoms with E-state index in [1.54, 1.807) is 0 Å². The lowest BCUT2D eigenvalue weighted by molar-refractivity contribution is 0.0783. The third kappa shape index (κ3) is 3.95. The first kappa shape index (κ1) is 21.8. The van der Waals surface area contributed by atoms with Gasteiger partial charge in [0, 0.05) is 42.2 Å². The number of halogens is 3. The van der Waals surface area contributed by atoms with Gasteiger partial charge < -0.3 is 10.2 Å². The van der Waals surface area contributed by atoms with Gasteiger partial charge in [-0.05, 0) is 30.0 Å². The summed E-state index contributed by atoms with van der Waals surface area (Å²) in [4.78, 5) is 20.2. The highest BCUT2D eigenvalue weighted by Gasteiger charge is 2.38. The Labute approximate surface area is 187 Å². The number of nitrogens with zero attached hydrogens (tertiary/aromatic N) is 2. The number of hydrogen-bond acceptors (Lipinski definition) is 3. The largest absolute Gasteiger partial charge is 0.338 e. The van der Waals surface area contributed by atoms with E-state index in [-0.39, 0.29) is 30.7 Å². The number of carbonyl (C=O) groups is 1. The average molecular weight is 451 g/mol. The number of fused-ring (bicyclic) bond motifs is 2. The van der Waals surface area contributed by atoms with Crippen molar-refractivity contribution in [1.29, 1.82) is 0 Å². The van der Waals surface area contributed by atoms with Crippen molar-refractivity contribution in [2.24, 2.45) is 11.8 Å². The van der Waals surface area contributed by atoms with E-state index in [9.17, 15) is 4.79 Å². The van der Waals surface area contributed by atoms with E-state index in [1.165, 1.54) is 0 Å². The molecule has 0 radical (unpaired) electrons. The quantitative estimate of drug-likeness (QED) is 0.616. The molecule has 2 saturated heterocycles. The van der Waals surface area contributed by atoms with Crippen molar-refractivity contribution in [2.75, 3.05) is 26.2 Å². The Bertz CT molecular complexity index is 1030. The van der Waals surface area contributed by atoms with Crippen LogP contribution in [0.4, 0.5) is 0 Å². The predicted octanol–water partition coefficient (Wildman–Crippen LogP) is 4.69. The van der Waals surface area contributed by atoms with Gasteiger partial charge in [-0.3, -0.25) is 4.79 Å². The van der Waals surface area contributed by atoms with Crippen molar-refractivity contribution in [3.8, 4) is 11.3 Å². The summed E-state index contributed by atoms with van der Waals surface area (Å²) in [5.41, 5.74) is 3.12. The molecule has 29 heavy (non-hydrogen) atoms. The lowest BCUT2D eigenvalue weighted by Crippen LogP contribution is -2.32. The fraction of sp³-hybridized carbons (Fsp3) is 0.273. The Kier molecular flexibility index (Phi) is 6.69. The number of carbonyl (C=O) groups excluding carboxylic acids is 1. The maximum atomic E-state index is 13.4. The minimum absolute atomic E-state index is 0. The summed E-state index contributed by atoms with van der Waals surface area (Å²) in [5, 5.41) is 4.96. The van der Waals surface area contributed by atoms with Gasteiger partial charge in [0.25, 0.3) is 5.91 Å². The summed E-state index contributed by atoms with van der Waals surface area (Å²) in [6, 6.07) is 17.4. The van der Waals surface area contributed by atoms with Gasteiger partial charge in [-0.25, -0.2) is 4.98 Å². The Morgan fingerprint density at radius 3 is 2.38 bits per heavy atom. The number of benzene rings is 2. The molecule has 0 unspecified atom stereocenters. The maximum absolute atomic E-state index is 13.4. The number of likely N-dealkylation sites (tertiary alicyclic amines) is 1. The topological polar surface area (TPSA) is 45.2 Å². The summed E-state index contributed by atoms with van der Waals surface area (Å²) in [6.07, 6.45) is 0. The summed E-state index contributed by atoms with van der Waals surface area (Å²) in [6.45, 7) is 3.68. The number of aromatic nitrogens is 1. The molecule has 3 aromatic rings. The van der Waals surface area contributed by atoms with E-state index in [2.05, 4.69) is 5.32 Å². The minimum atomic E-state index is 0. The fourth-order valence-electron chi connectivity index (χ4n) is 4.35. The van der Waals surface area contributed by atoms with Crippen LogP contribution in [0.25, 0.3) is 22.2 Å². The number of amides is 1. The molecule has 2 aliphatic rings. The van der Waals surface area contributed by atoms with Gasteiger partial charge in [0.1, 0.15) is 0 Å². The van der Waals surface area contributed by atoms with Crippen LogP contribution in [0.1, 0.15) is 10.4 Å². The number of para-hydroxylation sites is 1.